The van der Waals surface area contributed by atoms with Crippen molar-refractivity contribution in [2.45, 2.75) is 56.5 Å². The normalized spacial score (nSPS) is 26.0. The maximum atomic E-state index is 13.0. The topological polar surface area (TPSA) is 78.5 Å². The Morgan fingerprint density at radius 3 is 2.76 bits per heavy atom. The maximum absolute atomic E-state index is 13.0. The van der Waals surface area contributed by atoms with Gasteiger partial charge in [-0.3, -0.25) is 14.5 Å². The zero-order valence-corrected chi connectivity index (χ0v) is 14.2. The number of nitrogens with one attached hydrogen (secondary N) is 2. The second kappa shape index (κ2) is 6.17. The fourth-order valence-corrected chi connectivity index (χ4v) is 4.40. The molecule has 1 saturated heterocycles. The summed E-state index contributed by atoms with van der Waals surface area (Å²) in [5.74, 6) is -0.556. The van der Waals surface area contributed by atoms with E-state index in [1.807, 2.05) is 24.3 Å². The van der Waals surface area contributed by atoms with Crippen LogP contribution in [0.25, 0.3) is 0 Å². The molecular weight excluding hydrogens is 318 g/mol. The van der Waals surface area contributed by atoms with Gasteiger partial charge < -0.3 is 10.6 Å². The third kappa shape index (κ3) is 2.69. The van der Waals surface area contributed by atoms with Crippen LogP contribution in [0.1, 0.15) is 49.7 Å². The van der Waals surface area contributed by atoms with Gasteiger partial charge in [0.1, 0.15) is 12.1 Å². The molecule has 4 rings (SSSR count). The van der Waals surface area contributed by atoms with E-state index in [9.17, 15) is 14.4 Å². The lowest BCUT2D eigenvalue weighted by Gasteiger charge is -2.24. The highest BCUT2D eigenvalue weighted by Crippen LogP contribution is 2.41. The smallest absolute Gasteiger partial charge is 0.325 e. The van der Waals surface area contributed by atoms with Gasteiger partial charge in [0.15, 0.2) is 0 Å². The first-order valence-electron chi connectivity index (χ1n) is 9.12. The zero-order chi connectivity index (χ0) is 17.4. The summed E-state index contributed by atoms with van der Waals surface area (Å²) in [6.45, 7) is -0.203. The van der Waals surface area contributed by atoms with E-state index in [1.165, 1.54) is 6.42 Å². The van der Waals surface area contributed by atoms with E-state index in [0.29, 0.717) is 6.42 Å². The standard InChI is InChI=1S/C19H23N3O3/c23-16(20-14-7-2-1-3-8-14)12-22-17(24)19(21-18(22)25)11-10-13-6-4-5-9-15(13)19/h4-6,9,14H,1-3,7-8,10-12H2,(H,20,23)(H,21,25)/t19-/m1/s1. The second-order valence-electron chi connectivity index (χ2n) is 7.29. The number of amides is 4. The first-order valence-corrected chi connectivity index (χ1v) is 9.12. The number of nitrogens with zero attached hydrogens (tertiary/aromatic N) is 1. The van der Waals surface area contributed by atoms with E-state index in [2.05, 4.69) is 10.6 Å². The zero-order valence-electron chi connectivity index (χ0n) is 14.2. The first-order chi connectivity index (χ1) is 12.1. The van der Waals surface area contributed by atoms with Crippen LogP contribution in [-0.2, 0) is 21.5 Å². The molecule has 2 fully saturated rings. The molecule has 1 aromatic carbocycles. The number of urea groups is 1. The lowest BCUT2D eigenvalue weighted by molar-refractivity contribution is -0.135. The summed E-state index contributed by atoms with van der Waals surface area (Å²) in [6.07, 6.45) is 6.71. The maximum Gasteiger partial charge on any atom is 0.325 e. The Morgan fingerprint density at radius 1 is 1.20 bits per heavy atom. The van der Waals surface area contributed by atoms with E-state index < -0.39 is 11.6 Å². The molecule has 0 aromatic heterocycles. The Labute approximate surface area is 147 Å². The molecule has 2 aliphatic carbocycles. The van der Waals surface area contributed by atoms with Crippen molar-refractivity contribution < 1.29 is 14.4 Å². The molecule has 4 amide bonds. The van der Waals surface area contributed by atoms with Crippen LogP contribution in [0, 0.1) is 0 Å². The van der Waals surface area contributed by atoms with Crippen molar-refractivity contribution in [1.82, 2.24) is 15.5 Å². The predicted octanol–water partition coefficient (Wildman–Crippen LogP) is 1.83. The van der Waals surface area contributed by atoms with Crippen LogP contribution in [-0.4, -0.2) is 35.3 Å². The Morgan fingerprint density at radius 2 is 1.96 bits per heavy atom. The van der Waals surface area contributed by atoms with E-state index in [1.54, 1.807) is 0 Å². The van der Waals surface area contributed by atoms with Gasteiger partial charge in [-0.15, -0.1) is 0 Å². The molecule has 1 spiro atoms. The van der Waals surface area contributed by atoms with Gasteiger partial charge in [0, 0.05) is 6.04 Å². The molecule has 3 aliphatic rings. The van der Waals surface area contributed by atoms with Gasteiger partial charge in [-0.2, -0.15) is 0 Å². The SMILES string of the molecule is O=C(CN1C(=O)N[C@@]2(CCc3ccccc32)C1=O)NC1CCCCC1. The minimum atomic E-state index is -0.987. The largest absolute Gasteiger partial charge is 0.352 e. The van der Waals surface area contributed by atoms with Gasteiger partial charge >= 0.3 is 6.03 Å². The fourth-order valence-electron chi connectivity index (χ4n) is 4.40. The van der Waals surface area contributed by atoms with E-state index in [4.69, 9.17) is 0 Å². The highest BCUT2D eigenvalue weighted by atomic mass is 16.2. The monoisotopic (exact) mass is 341 g/mol. The highest BCUT2D eigenvalue weighted by molar-refractivity contribution is 6.09. The summed E-state index contributed by atoms with van der Waals surface area (Å²) in [5.41, 5.74) is 0.965. The highest BCUT2D eigenvalue weighted by Gasteiger charge is 2.55. The van der Waals surface area contributed by atoms with E-state index >= 15 is 0 Å². The van der Waals surface area contributed by atoms with Crippen molar-refractivity contribution in [3.8, 4) is 0 Å². The summed E-state index contributed by atoms with van der Waals surface area (Å²) in [4.78, 5) is 38.8. The molecule has 0 unspecified atom stereocenters. The molecule has 1 atom stereocenters. The Bertz CT molecular complexity index is 726. The number of hydrogen-bond donors (Lipinski definition) is 2. The van der Waals surface area contributed by atoms with Gasteiger partial charge in [0.25, 0.3) is 5.91 Å². The number of benzene rings is 1. The van der Waals surface area contributed by atoms with Gasteiger partial charge in [-0.1, -0.05) is 43.5 Å². The molecule has 0 radical (unpaired) electrons. The van der Waals surface area contributed by atoms with Crippen LogP contribution in [0.4, 0.5) is 4.79 Å². The summed E-state index contributed by atoms with van der Waals surface area (Å²) in [6, 6.07) is 7.40. The molecule has 6 heteroatoms. The van der Waals surface area contributed by atoms with Gasteiger partial charge in [-0.25, -0.2) is 4.79 Å². The van der Waals surface area contributed by atoms with Crippen molar-refractivity contribution in [3.63, 3.8) is 0 Å². The number of hydrogen-bond acceptors (Lipinski definition) is 3. The summed E-state index contributed by atoms with van der Waals surface area (Å²) in [5, 5.41) is 5.82. The molecule has 25 heavy (non-hydrogen) atoms. The number of imide groups is 1. The van der Waals surface area contributed by atoms with Crippen molar-refractivity contribution in [2.75, 3.05) is 6.54 Å². The van der Waals surface area contributed by atoms with Crippen LogP contribution in [0.15, 0.2) is 24.3 Å². The van der Waals surface area contributed by atoms with Crippen molar-refractivity contribution in [2.24, 2.45) is 0 Å². The van der Waals surface area contributed by atoms with Gasteiger partial charge in [-0.05, 0) is 36.8 Å². The molecule has 1 aliphatic heterocycles. The number of fused-ring (bicyclic) bond motifs is 2. The molecule has 1 heterocycles. The lowest BCUT2D eigenvalue weighted by atomic mass is 9.92. The Kier molecular flexibility index (Phi) is 3.98. The number of rotatable bonds is 3. The Hall–Kier alpha value is -2.37. The summed E-state index contributed by atoms with van der Waals surface area (Å²) >= 11 is 0. The molecule has 2 N–H and O–H groups in total. The van der Waals surface area contributed by atoms with Crippen molar-refractivity contribution in [1.29, 1.82) is 0 Å². The fraction of sp³-hybridized carbons (Fsp3) is 0.526. The van der Waals surface area contributed by atoms with E-state index in [0.717, 1.165) is 48.1 Å². The average Bonchev–Trinajstić information content (AvgIpc) is 3.10. The molecular formula is C19H23N3O3. The number of carbonyl (C=O) groups is 3. The molecule has 1 aromatic rings. The van der Waals surface area contributed by atoms with Crippen molar-refractivity contribution in [3.05, 3.63) is 35.4 Å². The van der Waals surface area contributed by atoms with Crippen LogP contribution >= 0.6 is 0 Å². The number of carbonyl (C=O) groups excluding carboxylic acids is 3. The van der Waals surface area contributed by atoms with E-state index in [-0.39, 0.29) is 24.4 Å². The molecule has 1 saturated carbocycles. The predicted molar refractivity (Wildman–Crippen MR) is 91.7 cm³/mol. The minimum Gasteiger partial charge on any atom is -0.352 e. The van der Waals surface area contributed by atoms with Crippen molar-refractivity contribution >= 4 is 17.8 Å². The minimum absolute atomic E-state index is 0.170. The molecule has 0 bridgehead atoms. The summed E-state index contributed by atoms with van der Waals surface area (Å²) in [7, 11) is 0. The summed E-state index contributed by atoms with van der Waals surface area (Å²) < 4.78 is 0. The van der Waals surface area contributed by atoms with Gasteiger partial charge in [0.05, 0.1) is 0 Å². The lowest BCUT2D eigenvalue weighted by Crippen LogP contribution is -2.46. The number of aryl methyl sites for hydroxylation is 1. The Balaban J connectivity index is 1.48. The third-order valence-electron chi connectivity index (χ3n) is 5.69. The van der Waals surface area contributed by atoms with Crippen LogP contribution in [0.3, 0.4) is 0 Å². The van der Waals surface area contributed by atoms with Gasteiger partial charge in [0.2, 0.25) is 5.91 Å². The molecule has 6 nitrogen and oxygen atoms in total. The first kappa shape index (κ1) is 16.1. The van der Waals surface area contributed by atoms with Crippen LogP contribution in [0.5, 0.6) is 0 Å². The average molecular weight is 341 g/mol. The van der Waals surface area contributed by atoms with Crippen LogP contribution in [0.2, 0.25) is 0 Å². The third-order valence-corrected chi connectivity index (χ3v) is 5.69. The second-order valence-corrected chi connectivity index (χ2v) is 7.29. The molecule has 132 valence electrons. The quantitative estimate of drug-likeness (QED) is 0.823. The van der Waals surface area contributed by atoms with Crippen LogP contribution < -0.4 is 10.6 Å².